The number of H-pyrrole nitrogens is 2. The van der Waals surface area contributed by atoms with Gasteiger partial charge in [-0.1, -0.05) is 0 Å². The van der Waals surface area contributed by atoms with Crippen molar-refractivity contribution in [3.05, 3.63) is 36.2 Å². The molecule has 84 valence electrons. The van der Waals surface area contributed by atoms with Gasteiger partial charge in [0.05, 0.1) is 11.9 Å². The fourth-order valence-electron chi connectivity index (χ4n) is 1.50. The maximum absolute atomic E-state index is 11.9. The van der Waals surface area contributed by atoms with Crippen molar-refractivity contribution in [1.82, 2.24) is 25.6 Å². The van der Waals surface area contributed by atoms with Gasteiger partial charge in [0.2, 0.25) is 0 Å². The molecule has 3 aromatic rings. The van der Waals surface area contributed by atoms with E-state index >= 15 is 0 Å². The Morgan fingerprint density at radius 3 is 2.94 bits per heavy atom. The van der Waals surface area contributed by atoms with E-state index in [1.54, 1.807) is 24.4 Å². The van der Waals surface area contributed by atoms with Crippen LogP contribution < -0.4 is 5.32 Å². The van der Waals surface area contributed by atoms with Gasteiger partial charge >= 0.3 is 0 Å². The van der Waals surface area contributed by atoms with Crippen LogP contribution in [0, 0.1) is 0 Å². The molecule has 0 atom stereocenters. The summed E-state index contributed by atoms with van der Waals surface area (Å²) in [4.78, 5) is 11.9. The third-order valence-corrected chi connectivity index (χ3v) is 2.33. The average molecular weight is 228 g/mol. The van der Waals surface area contributed by atoms with E-state index in [9.17, 15) is 4.79 Å². The van der Waals surface area contributed by atoms with Crippen LogP contribution in [-0.4, -0.2) is 31.5 Å². The number of nitrogens with zero attached hydrogens (tertiary/aromatic N) is 3. The number of anilines is 1. The predicted molar refractivity (Wildman–Crippen MR) is 60.4 cm³/mol. The van der Waals surface area contributed by atoms with E-state index in [2.05, 4.69) is 30.9 Å². The Kier molecular flexibility index (Phi) is 2.08. The average Bonchev–Trinajstić information content (AvgIpc) is 2.97. The SMILES string of the molecule is O=C(Nc1cn[nH]c1)c1ccc2n[nH]nc2c1. The lowest BCUT2D eigenvalue weighted by Gasteiger charge is -2.01. The molecule has 0 aliphatic carbocycles. The summed E-state index contributed by atoms with van der Waals surface area (Å²) in [6.07, 6.45) is 3.14. The molecule has 1 aromatic carbocycles. The number of carbonyl (C=O) groups is 1. The number of fused-ring (bicyclic) bond motifs is 1. The first-order valence-corrected chi connectivity index (χ1v) is 4.93. The molecule has 0 spiro atoms. The van der Waals surface area contributed by atoms with Crippen molar-refractivity contribution in [1.29, 1.82) is 0 Å². The van der Waals surface area contributed by atoms with E-state index in [0.717, 1.165) is 5.52 Å². The number of hydrogen-bond donors (Lipinski definition) is 3. The Hall–Kier alpha value is -2.70. The third-order valence-electron chi connectivity index (χ3n) is 2.33. The van der Waals surface area contributed by atoms with Crippen LogP contribution >= 0.6 is 0 Å². The standard InChI is InChI=1S/C10H8N6O/c17-10(13-7-4-11-12-5-7)6-1-2-8-9(3-6)15-16-14-8/h1-5H,(H,11,12)(H,13,17)(H,14,15,16). The highest BCUT2D eigenvalue weighted by molar-refractivity contribution is 6.05. The second-order valence-corrected chi connectivity index (χ2v) is 3.47. The molecule has 0 saturated carbocycles. The Bertz CT molecular complexity index is 656. The highest BCUT2D eigenvalue weighted by Crippen LogP contribution is 2.12. The minimum Gasteiger partial charge on any atom is -0.319 e. The number of carbonyl (C=O) groups excluding carboxylic acids is 1. The van der Waals surface area contributed by atoms with Gasteiger partial charge in [-0.25, -0.2) is 0 Å². The Labute approximate surface area is 95.2 Å². The monoisotopic (exact) mass is 228 g/mol. The Morgan fingerprint density at radius 1 is 1.24 bits per heavy atom. The lowest BCUT2D eigenvalue weighted by molar-refractivity contribution is 0.102. The summed E-state index contributed by atoms with van der Waals surface area (Å²) in [5, 5.41) is 19.4. The van der Waals surface area contributed by atoms with Crippen LogP contribution in [0.3, 0.4) is 0 Å². The molecule has 0 radical (unpaired) electrons. The molecular formula is C10H8N6O. The number of aromatic amines is 2. The van der Waals surface area contributed by atoms with Gasteiger partial charge in [0, 0.05) is 11.8 Å². The first-order chi connectivity index (χ1) is 8.33. The molecule has 3 rings (SSSR count). The molecule has 0 fully saturated rings. The fourth-order valence-corrected chi connectivity index (χ4v) is 1.50. The summed E-state index contributed by atoms with van der Waals surface area (Å²) >= 11 is 0. The van der Waals surface area contributed by atoms with Crippen molar-refractivity contribution in [2.75, 3.05) is 5.32 Å². The summed E-state index contributed by atoms with van der Waals surface area (Å²) in [5.74, 6) is -0.212. The van der Waals surface area contributed by atoms with Crippen molar-refractivity contribution < 1.29 is 4.79 Å². The quantitative estimate of drug-likeness (QED) is 0.607. The molecule has 3 N–H and O–H groups in total. The number of benzene rings is 1. The highest BCUT2D eigenvalue weighted by atomic mass is 16.1. The van der Waals surface area contributed by atoms with E-state index in [-0.39, 0.29) is 5.91 Å². The van der Waals surface area contributed by atoms with Gasteiger partial charge in [-0.2, -0.15) is 20.5 Å². The predicted octanol–water partition coefficient (Wildman–Crippen LogP) is 0.933. The van der Waals surface area contributed by atoms with E-state index in [4.69, 9.17) is 0 Å². The van der Waals surface area contributed by atoms with Crippen LogP contribution in [0.4, 0.5) is 5.69 Å². The molecule has 0 bridgehead atoms. The minimum atomic E-state index is -0.212. The van der Waals surface area contributed by atoms with Crippen molar-refractivity contribution in [3.63, 3.8) is 0 Å². The van der Waals surface area contributed by atoms with Gasteiger partial charge in [-0.3, -0.25) is 9.89 Å². The molecule has 0 saturated heterocycles. The first-order valence-electron chi connectivity index (χ1n) is 4.93. The zero-order valence-electron chi connectivity index (χ0n) is 8.64. The van der Waals surface area contributed by atoms with E-state index < -0.39 is 0 Å². The lowest BCUT2D eigenvalue weighted by atomic mass is 10.2. The molecule has 2 aromatic heterocycles. The summed E-state index contributed by atoms with van der Waals surface area (Å²) in [6, 6.07) is 5.11. The Balaban J connectivity index is 1.90. The fraction of sp³-hybridized carbons (Fsp3) is 0. The van der Waals surface area contributed by atoms with Gasteiger partial charge < -0.3 is 5.32 Å². The Morgan fingerprint density at radius 2 is 2.12 bits per heavy atom. The number of hydrogen-bond acceptors (Lipinski definition) is 4. The maximum Gasteiger partial charge on any atom is 0.255 e. The second kappa shape index (κ2) is 3.71. The van der Waals surface area contributed by atoms with Crippen LogP contribution in [0.25, 0.3) is 11.0 Å². The zero-order chi connectivity index (χ0) is 11.7. The molecule has 2 heterocycles. The summed E-state index contributed by atoms with van der Waals surface area (Å²) in [7, 11) is 0. The van der Waals surface area contributed by atoms with E-state index in [0.29, 0.717) is 16.8 Å². The van der Waals surface area contributed by atoms with Crippen molar-refractivity contribution >= 4 is 22.6 Å². The van der Waals surface area contributed by atoms with Crippen LogP contribution in [-0.2, 0) is 0 Å². The second-order valence-electron chi connectivity index (χ2n) is 3.47. The van der Waals surface area contributed by atoms with Gasteiger partial charge in [-0.05, 0) is 18.2 Å². The van der Waals surface area contributed by atoms with E-state index in [1.165, 1.54) is 6.20 Å². The summed E-state index contributed by atoms with van der Waals surface area (Å²) < 4.78 is 0. The van der Waals surface area contributed by atoms with Crippen molar-refractivity contribution in [2.45, 2.75) is 0 Å². The van der Waals surface area contributed by atoms with Crippen molar-refractivity contribution in [3.8, 4) is 0 Å². The van der Waals surface area contributed by atoms with Gasteiger partial charge in [0.25, 0.3) is 5.91 Å². The third kappa shape index (κ3) is 1.73. The topological polar surface area (TPSA) is 99.4 Å². The van der Waals surface area contributed by atoms with Crippen molar-refractivity contribution in [2.24, 2.45) is 0 Å². The van der Waals surface area contributed by atoms with Gasteiger partial charge in [-0.15, -0.1) is 0 Å². The number of rotatable bonds is 2. The van der Waals surface area contributed by atoms with Crippen LogP contribution in [0.15, 0.2) is 30.6 Å². The van der Waals surface area contributed by atoms with Crippen LogP contribution in [0.5, 0.6) is 0 Å². The molecule has 0 unspecified atom stereocenters. The minimum absolute atomic E-state index is 0.212. The van der Waals surface area contributed by atoms with Crippen LogP contribution in [0.2, 0.25) is 0 Å². The smallest absolute Gasteiger partial charge is 0.255 e. The van der Waals surface area contributed by atoms with E-state index in [1.807, 2.05) is 0 Å². The summed E-state index contributed by atoms with van der Waals surface area (Å²) in [6.45, 7) is 0. The molecule has 17 heavy (non-hydrogen) atoms. The molecule has 0 aliphatic heterocycles. The lowest BCUT2D eigenvalue weighted by Crippen LogP contribution is -2.11. The molecule has 0 aliphatic rings. The van der Waals surface area contributed by atoms with Gasteiger partial charge in [0.1, 0.15) is 11.0 Å². The van der Waals surface area contributed by atoms with Gasteiger partial charge in [0.15, 0.2) is 0 Å². The maximum atomic E-state index is 11.9. The molecule has 7 heteroatoms. The normalized spacial score (nSPS) is 10.6. The molecular weight excluding hydrogens is 220 g/mol. The molecule has 1 amide bonds. The largest absolute Gasteiger partial charge is 0.319 e. The number of nitrogens with one attached hydrogen (secondary N) is 3. The molecule has 7 nitrogen and oxygen atoms in total. The summed E-state index contributed by atoms with van der Waals surface area (Å²) in [5.41, 5.74) is 2.53. The zero-order valence-corrected chi connectivity index (χ0v) is 8.64. The first kappa shape index (κ1) is 9.52. The number of amides is 1. The number of aromatic nitrogens is 5. The highest BCUT2D eigenvalue weighted by Gasteiger charge is 2.08. The van der Waals surface area contributed by atoms with Crippen LogP contribution in [0.1, 0.15) is 10.4 Å².